The van der Waals surface area contributed by atoms with Crippen LogP contribution in [0.4, 0.5) is 0 Å². The van der Waals surface area contributed by atoms with Gasteiger partial charge in [-0.1, -0.05) is 6.92 Å². The molecule has 2 rings (SSSR count). The second-order valence-corrected chi connectivity index (χ2v) is 8.14. The van der Waals surface area contributed by atoms with Crippen LogP contribution < -0.4 is 5.32 Å². The van der Waals surface area contributed by atoms with Crippen LogP contribution in [0.5, 0.6) is 0 Å². The van der Waals surface area contributed by atoms with E-state index in [9.17, 15) is 8.42 Å². The number of hydrogen-bond donors (Lipinski definition) is 1. The van der Waals surface area contributed by atoms with Gasteiger partial charge in [-0.3, -0.25) is 0 Å². The van der Waals surface area contributed by atoms with Gasteiger partial charge in [0.1, 0.15) is 0 Å². The molecule has 6 heteroatoms. The number of hydrogen-bond acceptors (Lipinski definition) is 4. The Kier molecular flexibility index (Phi) is 5.84. The predicted molar refractivity (Wildman–Crippen MR) is 80.1 cm³/mol. The van der Waals surface area contributed by atoms with Gasteiger partial charge in [0.2, 0.25) is 10.0 Å². The SMILES string of the molecule is CCNC(CC1CCCN(S(C)(=O)=O)C1)C1CCOC1. The molecule has 2 aliphatic heterocycles. The largest absolute Gasteiger partial charge is 0.381 e. The Morgan fingerprint density at radius 2 is 2.20 bits per heavy atom. The lowest BCUT2D eigenvalue weighted by atomic mass is 9.86. The first-order valence-corrected chi connectivity index (χ1v) is 9.61. The molecule has 0 amide bonds. The van der Waals surface area contributed by atoms with Crippen molar-refractivity contribution in [1.29, 1.82) is 0 Å². The highest BCUT2D eigenvalue weighted by molar-refractivity contribution is 7.88. The zero-order valence-corrected chi connectivity index (χ0v) is 13.5. The molecule has 0 bridgehead atoms. The maximum absolute atomic E-state index is 11.7. The molecule has 2 fully saturated rings. The van der Waals surface area contributed by atoms with Gasteiger partial charge in [0.05, 0.1) is 12.9 Å². The van der Waals surface area contributed by atoms with E-state index in [4.69, 9.17) is 4.74 Å². The number of nitrogens with one attached hydrogen (secondary N) is 1. The average Bonchev–Trinajstić information content (AvgIpc) is 2.91. The summed E-state index contributed by atoms with van der Waals surface area (Å²) in [6.07, 6.45) is 5.63. The normalized spacial score (nSPS) is 30.5. The van der Waals surface area contributed by atoms with E-state index >= 15 is 0 Å². The summed E-state index contributed by atoms with van der Waals surface area (Å²) in [4.78, 5) is 0. The fourth-order valence-corrected chi connectivity index (χ4v) is 4.40. The molecule has 3 unspecified atom stereocenters. The molecular weight excluding hydrogens is 276 g/mol. The molecular formula is C14H28N2O3S. The van der Waals surface area contributed by atoms with E-state index < -0.39 is 10.0 Å². The van der Waals surface area contributed by atoms with Crippen LogP contribution in [0.25, 0.3) is 0 Å². The van der Waals surface area contributed by atoms with Gasteiger partial charge in [0, 0.05) is 25.7 Å². The van der Waals surface area contributed by atoms with Crippen LogP contribution in [0.3, 0.4) is 0 Å². The van der Waals surface area contributed by atoms with Gasteiger partial charge in [0.25, 0.3) is 0 Å². The van der Waals surface area contributed by atoms with Crippen LogP contribution in [0, 0.1) is 11.8 Å². The number of ether oxygens (including phenoxy) is 1. The number of piperidine rings is 1. The van der Waals surface area contributed by atoms with Gasteiger partial charge >= 0.3 is 0 Å². The highest BCUT2D eigenvalue weighted by Crippen LogP contribution is 2.27. The molecule has 2 heterocycles. The smallest absolute Gasteiger partial charge is 0.211 e. The minimum atomic E-state index is -3.04. The van der Waals surface area contributed by atoms with Crippen LogP contribution in [-0.4, -0.2) is 57.9 Å². The topological polar surface area (TPSA) is 58.6 Å². The van der Waals surface area contributed by atoms with Crippen molar-refractivity contribution in [3.05, 3.63) is 0 Å². The molecule has 2 saturated heterocycles. The molecule has 3 atom stereocenters. The van der Waals surface area contributed by atoms with Crippen LogP contribution in [0.15, 0.2) is 0 Å². The van der Waals surface area contributed by atoms with Gasteiger partial charge < -0.3 is 10.1 Å². The summed E-state index contributed by atoms with van der Waals surface area (Å²) in [6.45, 7) is 6.19. The Hall–Kier alpha value is -0.170. The summed E-state index contributed by atoms with van der Waals surface area (Å²) in [5, 5.41) is 3.58. The van der Waals surface area contributed by atoms with Crippen LogP contribution in [-0.2, 0) is 14.8 Å². The van der Waals surface area contributed by atoms with Crippen molar-refractivity contribution in [3.8, 4) is 0 Å². The van der Waals surface area contributed by atoms with E-state index in [0.717, 1.165) is 45.4 Å². The fourth-order valence-electron chi connectivity index (χ4n) is 3.45. The maximum Gasteiger partial charge on any atom is 0.211 e. The standard InChI is InChI=1S/C14H28N2O3S/c1-3-15-14(13-6-8-19-11-13)9-12-5-4-7-16(10-12)20(2,17)18/h12-15H,3-11H2,1-2H3. The van der Waals surface area contributed by atoms with Crippen molar-refractivity contribution in [1.82, 2.24) is 9.62 Å². The van der Waals surface area contributed by atoms with E-state index in [1.54, 1.807) is 4.31 Å². The lowest BCUT2D eigenvalue weighted by molar-refractivity contribution is 0.164. The lowest BCUT2D eigenvalue weighted by Gasteiger charge is -2.34. The Balaban J connectivity index is 1.92. The number of nitrogens with zero attached hydrogens (tertiary/aromatic N) is 1. The third-order valence-electron chi connectivity index (χ3n) is 4.54. The first-order valence-electron chi connectivity index (χ1n) is 7.77. The summed E-state index contributed by atoms with van der Waals surface area (Å²) in [7, 11) is -3.04. The zero-order valence-electron chi connectivity index (χ0n) is 12.7. The second kappa shape index (κ2) is 7.20. The molecule has 0 saturated carbocycles. The predicted octanol–water partition coefficient (Wildman–Crippen LogP) is 1.06. The summed E-state index contributed by atoms with van der Waals surface area (Å²) >= 11 is 0. The monoisotopic (exact) mass is 304 g/mol. The van der Waals surface area contributed by atoms with Crippen LogP contribution in [0.1, 0.15) is 32.6 Å². The second-order valence-electron chi connectivity index (χ2n) is 6.15. The van der Waals surface area contributed by atoms with E-state index in [-0.39, 0.29) is 0 Å². The maximum atomic E-state index is 11.7. The Labute approximate surface area is 123 Å². The lowest BCUT2D eigenvalue weighted by Crippen LogP contribution is -2.44. The molecule has 20 heavy (non-hydrogen) atoms. The fraction of sp³-hybridized carbons (Fsp3) is 1.00. The summed E-state index contributed by atoms with van der Waals surface area (Å²) in [5.41, 5.74) is 0. The highest BCUT2D eigenvalue weighted by atomic mass is 32.2. The zero-order chi connectivity index (χ0) is 14.6. The van der Waals surface area contributed by atoms with Crippen LogP contribution >= 0.6 is 0 Å². The van der Waals surface area contributed by atoms with Crippen molar-refractivity contribution >= 4 is 10.0 Å². The van der Waals surface area contributed by atoms with Crippen molar-refractivity contribution in [2.45, 2.75) is 38.6 Å². The van der Waals surface area contributed by atoms with Crippen molar-refractivity contribution in [2.75, 3.05) is 39.1 Å². The Morgan fingerprint density at radius 3 is 2.80 bits per heavy atom. The molecule has 1 N–H and O–H groups in total. The Morgan fingerprint density at radius 1 is 1.40 bits per heavy atom. The van der Waals surface area contributed by atoms with Crippen LogP contribution in [0.2, 0.25) is 0 Å². The third-order valence-corrected chi connectivity index (χ3v) is 5.81. The molecule has 118 valence electrons. The molecule has 0 radical (unpaired) electrons. The van der Waals surface area contributed by atoms with E-state index in [1.807, 2.05) is 0 Å². The molecule has 2 aliphatic rings. The van der Waals surface area contributed by atoms with Gasteiger partial charge in [-0.25, -0.2) is 12.7 Å². The van der Waals surface area contributed by atoms with Gasteiger partial charge in [0.15, 0.2) is 0 Å². The molecule has 0 aliphatic carbocycles. The van der Waals surface area contributed by atoms with Gasteiger partial charge in [-0.05, 0) is 44.1 Å². The Bertz CT molecular complexity index is 393. The summed E-state index contributed by atoms with van der Waals surface area (Å²) < 4.78 is 30.5. The number of rotatable bonds is 6. The van der Waals surface area contributed by atoms with E-state index in [2.05, 4.69) is 12.2 Å². The molecule has 0 aromatic heterocycles. The van der Waals surface area contributed by atoms with Gasteiger partial charge in [-0.15, -0.1) is 0 Å². The third kappa shape index (κ3) is 4.41. The molecule has 0 aromatic rings. The first kappa shape index (κ1) is 16.2. The molecule has 0 spiro atoms. The van der Waals surface area contributed by atoms with Crippen molar-refractivity contribution < 1.29 is 13.2 Å². The van der Waals surface area contributed by atoms with Gasteiger partial charge in [-0.2, -0.15) is 0 Å². The minimum absolute atomic E-state index is 0.465. The van der Waals surface area contributed by atoms with Crippen molar-refractivity contribution in [3.63, 3.8) is 0 Å². The molecule has 0 aromatic carbocycles. The number of sulfonamides is 1. The summed E-state index contributed by atoms with van der Waals surface area (Å²) in [6, 6.07) is 0.465. The minimum Gasteiger partial charge on any atom is -0.381 e. The quantitative estimate of drug-likeness (QED) is 0.797. The molecule has 5 nitrogen and oxygen atoms in total. The first-order chi connectivity index (χ1) is 9.50. The van der Waals surface area contributed by atoms with E-state index in [1.165, 1.54) is 6.26 Å². The van der Waals surface area contributed by atoms with E-state index in [0.29, 0.717) is 31.0 Å². The average molecular weight is 304 g/mol. The summed E-state index contributed by atoms with van der Waals surface area (Å²) in [5.74, 6) is 1.06. The highest BCUT2D eigenvalue weighted by Gasteiger charge is 2.31. The van der Waals surface area contributed by atoms with Crippen molar-refractivity contribution in [2.24, 2.45) is 11.8 Å².